The average Bonchev–Trinajstić information content (AvgIpc) is 3.08. The third-order valence-electron chi connectivity index (χ3n) is 3.99. The van der Waals surface area contributed by atoms with Gasteiger partial charge in [-0.3, -0.25) is 9.48 Å². The summed E-state index contributed by atoms with van der Waals surface area (Å²) in [5, 5.41) is 16.9. The minimum Gasteiger partial charge on any atom is -0.388 e. The van der Waals surface area contributed by atoms with Gasteiger partial charge in [0.1, 0.15) is 24.0 Å². The predicted molar refractivity (Wildman–Crippen MR) is 74.1 cm³/mol. The van der Waals surface area contributed by atoms with Crippen LogP contribution in [-0.4, -0.2) is 58.4 Å². The fraction of sp³-hybridized carbons (Fsp3) is 0.714. The van der Waals surface area contributed by atoms with Gasteiger partial charge in [0.25, 0.3) is 5.91 Å². The van der Waals surface area contributed by atoms with Gasteiger partial charge in [-0.15, -0.1) is 0 Å². The van der Waals surface area contributed by atoms with Crippen LogP contribution in [0, 0.1) is 6.92 Å². The number of hydrogen-bond acceptors (Lipinski definition) is 5. The summed E-state index contributed by atoms with van der Waals surface area (Å²) in [4.78, 5) is 12.3. The first kappa shape index (κ1) is 14.5. The lowest BCUT2D eigenvalue weighted by molar-refractivity contribution is 0.0178. The van der Waals surface area contributed by atoms with Crippen LogP contribution < -0.4 is 5.32 Å². The van der Waals surface area contributed by atoms with Gasteiger partial charge in [-0.2, -0.15) is 5.10 Å². The van der Waals surface area contributed by atoms with Crippen LogP contribution in [-0.2, 0) is 9.47 Å². The molecular weight excluding hydrogens is 274 g/mol. The molecule has 1 aromatic heterocycles. The van der Waals surface area contributed by atoms with E-state index in [4.69, 9.17) is 9.47 Å². The van der Waals surface area contributed by atoms with E-state index >= 15 is 0 Å². The largest absolute Gasteiger partial charge is 0.388 e. The molecule has 7 nitrogen and oxygen atoms in total. The molecule has 1 aromatic rings. The molecule has 21 heavy (non-hydrogen) atoms. The van der Waals surface area contributed by atoms with Crippen molar-refractivity contribution in [3.8, 4) is 0 Å². The molecule has 2 N–H and O–H groups in total. The Hall–Kier alpha value is -1.44. The first-order valence-corrected chi connectivity index (χ1v) is 7.25. The Labute approximate surface area is 123 Å². The fourth-order valence-corrected chi connectivity index (χ4v) is 2.97. The number of hydrogen-bond donors (Lipinski definition) is 2. The highest BCUT2D eigenvalue weighted by molar-refractivity contribution is 5.92. The molecule has 0 saturated carbocycles. The number of aliphatic hydroxyl groups is 1. The van der Waals surface area contributed by atoms with Gasteiger partial charge in [-0.1, -0.05) is 0 Å². The molecule has 0 bridgehead atoms. The summed E-state index contributed by atoms with van der Waals surface area (Å²) < 4.78 is 12.8. The summed E-state index contributed by atoms with van der Waals surface area (Å²) in [6.07, 6.45) is -1.23. The number of nitrogens with one attached hydrogen (secondary N) is 1. The number of rotatable bonds is 3. The zero-order valence-corrected chi connectivity index (χ0v) is 12.4. The summed E-state index contributed by atoms with van der Waals surface area (Å²) in [6, 6.07) is 1.73. The fourth-order valence-electron chi connectivity index (χ4n) is 2.97. The van der Waals surface area contributed by atoms with Crippen LogP contribution in [0.25, 0.3) is 0 Å². The quantitative estimate of drug-likeness (QED) is 0.821. The number of carbonyl (C=O) groups excluding carboxylic acids is 1. The molecule has 2 aliphatic heterocycles. The van der Waals surface area contributed by atoms with Crippen molar-refractivity contribution in [3.05, 3.63) is 17.5 Å². The highest BCUT2D eigenvalue weighted by Crippen LogP contribution is 2.27. The lowest BCUT2D eigenvalue weighted by Gasteiger charge is -2.16. The van der Waals surface area contributed by atoms with Crippen LogP contribution in [0.2, 0.25) is 0 Å². The minimum atomic E-state index is -0.612. The number of aromatic nitrogens is 2. The normalized spacial score (nSPS) is 31.7. The van der Waals surface area contributed by atoms with Gasteiger partial charge >= 0.3 is 0 Å². The van der Waals surface area contributed by atoms with E-state index in [1.807, 2.05) is 25.5 Å². The zero-order valence-electron chi connectivity index (χ0n) is 12.4. The standard InChI is InChI=1S/C14H21N3O4/c1-7(2)17-8(3)4-9(16-17)14(19)15-10-5-20-13-11(18)6-21-12(10)13/h4,7,10-13,18H,5-6H2,1-3H3,(H,15,19)/t10-,11-,12-,13-/m1/s1. The van der Waals surface area contributed by atoms with Crippen molar-refractivity contribution >= 4 is 5.91 Å². The van der Waals surface area contributed by atoms with Crippen LogP contribution in [0.3, 0.4) is 0 Å². The second-order valence-electron chi connectivity index (χ2n) is 5.95. The Morgan fingerprint density at radius 1 is 1.43 bits per heavy atom. The van der Waals surface area contributed by atoms with E-state index in [2.05, 4.69) is 10.4 Å². The molecule has 2 aliphatic rings. The number of carbonyl (C=O) groups is 1. The summed E-state index contributed by atoms with van der Waals surface area (Å²) in [5.41, 5.74) is 1.34. The number of nitrogens with zero attached hydrogens (tertiary/aromatic N) is 2. The second-order valence-corrected chi connectivity index (χ2v) is 5.95. The van der Waals surface area contributed by atoms with E-state index in [9.17, 15) is 9.90 Å². The molecule has 0 unspecified atom stereocenters. The van der Waals surface area contributed by atoms with Crippen LogP contribution >= 0.6 is 0 Å². The first-order chi connectivity index (χ1) is 9.97. The minimum absolute atomic E-state index is 0.207. The topological polar surface area (TPSA) is 85.6 Å². The summed E-state index contributed by atoms with van der Waals surface area (Å²) in [5.74, 6) is -0.239. The average molecular weight is 295 g/mol. The molecule has 116 valence electrons. The Morgan fingerprint density at radius 3 is 2.81 bits per heavy atom. The Kier molecular flexibility index (Phi) is 3.73. The molecule has 2 fully saturated rings. The molecule has 0 spiro atoms. The van der Waals surface area contributed by atoms with E-state index in [0.29, 0.717) is 12.3 Å². The van der Waals surface area contributed by atoms with Crippen molar-refractivity contribution in [1.29, 1.82) is 0 Å². The molecule has 7 heteroatoms. The van der Waals surface area contributed by atoms with Crippen molar-refractivity contribution in [1.82, 2.24) is 15.1 Å². The molecule has 3 heterocycles. The third-order valence-corrected chi connectivity index (χ3v) is 3.99. The highest BCUT2D eigenvalue weighted by atomic mass is 16.6. The molecule has 0 radical (unpaired) electrons. The molecule has 0 aliphatic carbocycles. The van der Waals surface area contributed by atoms with Crippen molar-refractivity contribution in [2.45, 2.75) is 51.2 Å². The smallest absolute Gasteiger partial charge is 0.272 e. The van der Waals surface area contributed by atoms with Gasteiger partial charge in [0, 0.05) is 11.7 Å². The maximum atomic E-state index is 12.3. The lowest BCUT2D eigenvalue weighted by Crippen LogP contribution is -2.44. The summed E-state index contributed by atoms with van der Waals surface area (Å²) >= 11 is 0. The summed E-state index contributed by atoms with van der Waals surface area (Å²) in [7, 11) is 0. The number of ether oxygens (including phenoxy) is 2. The van der Waals surface area contributed by atoms with E-state index in [1.54, 1.807) is 6.07 Å². The molecule has 0 aromatic carbocycles. The Balaban J connectivity index is 1.68. The van der Waals surface area contributed by atoms with Crippen molar-refractivity contribution in [2.24, 2.45) is 0 Å². The predicted octanol–water partition coefficient (Wildman–Crippen LogP) is 0.0293. The number of aliphatic hydroxyl groups excluding tert-OH is 1. The highest BCUT2D eigenvalue weighted by Gasteiger charge is 2.47. The zero-order chi connectivity index (χ0) is 15.1. The maximum Gasteiger partial charge on any atom is 0.272 e. The SMILES string of the molecule is Cc1cc(C(=O)N[C@@H]2CO[C@H]3[C@@H]2OC[C@H]3O)nn1C(C)C. The van der Waals surface area contributed by atoms with Gasteiger partial charge in [-0.05, 0) is 26.8 Å². The van der Waals surface area contributed by atoms with E-state index in [-0.39, 0.29) is 36.8 Å². The molecule has 1 amide bonds. The van der Waals surface area contributed by atoms with Gasteiger partial charge in [0.05, 0.1) is 19.3 Å². The van der Waals surface area contributed by atoms with Crippen LogP contribution in [0.1, 0.15) is 36.1 Å². The number of fused-ring (bicyclic) bond motifs is 1. The monoisotopic (exact) mass is 295 g/mol. The lowest BCUT2D eigenvalue weighted by atomic mass is 10.1. The molecule has 3 rings (SSSR count). The number of amides is 1. The van der Waals surface area contributed by atoms with Crippen molar-refractivity contribution in [3.63, 3.8) is 0 Å². The Bertz CT molecular complexity index is 542. The first-order valence-electron chi connectivity index (χ1n) is 7.25. The van der Waals surface area contributed by atoms with E-state index in [1.165, 1.54) is 0 Å². The summed E-state index contributed by atoms with van der Waals surface area (Å²) in [6.45, 7) is 6.56. The molecule has 2 saturated heterocycles. The van der Waals surface area contributed by atoms with Crippen LogP contribution in [0.4, 0.5) is 0 Å². The van der Waals surface area contributed by atoms with Gasteiger partial charge in [0.15, 0.2) is 0 Å². The van der Waals surface area contributed by atoms with Crippen molar-refractivity contribution < 1.29 is 19.4 Å². The Morgan fingerprint density at radius 2 is 2.14 bits per heavy atom. The maximum absolute atomic E-state index is 12.3. The second kappa shape index (κ2) is 5.40. The molecular formula is C14H21N3O4. The number of aryl methyl sites for hydroxylation is 1. The van der Waals surface area contributed by atoms with Gasteiger partial charge in [-0.25, -0.2) is 0 Å². The van der Waals surface area contributed by atoms with Gasteiger partial charge in [0.2, 0.25) is 0 Å². The van der Waals surface area contributed by atoms with Crippen LogP contribution in [0.5, 0.6) is 0 Å². The van der Waals surface area contributed by atoms with Gasteiger partial charge < -0.3 is 19.9 Å². The van der Waals surface area contributed by atoms with Crippen LogP contribution in [0.15, 0.2) is 6.07 Å². The van der Waals surface area contributed by atoms with E-state index in [0.717, 1.165) is 5.69 Å². The van der Waals surface area contributed by atoms with Crippen molar-refractivity contribution in [2.75, 3.05) is 13.2 Å². The molecule has 4 atom stereocenters. The third kappa shape index (κ3) is 2.56. The van der Waals surface area contributed by atoms with E-state index < -0.39 is 6.10 Å².